The molecule has 4 nitrogen and oxygen atoms in total. The third-order valence-electron chi connectivity index (χ3n) is 1.94. The molecule has 1 N–H and O–H groups in total. The van der Waals surface area contributed by atoms with Crippen LogP contribution in [0.25, 0.3) is 0 Å². The van der Waals surface area contributed by atoms with E-state index in [9.17, 15) is 0 Å². The van der Waals surface area contributed by atoms with Crippen LogP contribution < -0.4 is 5.32 Å². The Morgan fingerprint density at radius 2 is 2.33 bits per heavy atom. The Bertz CT molecular complexity index is 241. The average molecular weight is 209 g/mol. The Morgan fingerprint density at radius 3 is 3.07 bits per heavy atom. The molecule has 0 atom stereocenters. The number of rotatable bonds is 8. The van der Waals surface area contributed by atoms with Crippen molar-refractivity contribution < 1.29 is 4.74 Å². The zero-order valence-corrected chi connectivity index (χ0v) is 9.28. The van der Waals surface area contributed by atoms with Crippen molar-refractivity contribution in [2.75, 3.05) is 19.8 Å². The number of nitrogens with zero attached hydrogens (tertiary/aromatic N) is 2. The Hall–Kier alpha value is -1.00. The van der Waals surface area contributed by atoms with E-state index < -0.39 is 0 Å². The molecule has 0 fully saturated rings. The summed E-state index contributed by atoms with van der Waals surface area (Å²) in [7, 11) is 0. The van der Waals surface area contributed by atoms with E-state index in [2.05, 4.69) is 22.2 Å². The van der Waals surface area contributed by atoms with Gasteiger partial charge >= 0.3 is 0 Å². The van der Waals surface area contributed by atoms with Crippen LogP contribution in [-0.2, 0) is 11.3 Å². The predicted octanol–water partition coefficient (Wildman–Crippen LogP) is 1.38. The van der Waals surface area contributed by atoms with Crippen molar-refractivity contribution in [1.29, 1.82) is 0 Å². The molecule has 0 amide bonds. The Kier molecular flexibility index (Phi) is 6.70. The number of aromatic nitrogens is 2. The second-order valence-corrected chi connectivity index (χ2v) is 3.34. The minimum Gasteiger partial charge on any atom is -0.381 e. The summed E-state index contributed by atoms with van der Waals surface area (Å²) in [6.07, 6.45) is 5.47. The van der Waals surface area contributed by atoms with E-state index in [0.29, 0.717) is 0 Å². The molecule has 84 valence electrons. The van der Waals surface area contributed by atoms with Gasteiger partial charge in [-0.05, 0) is 25.5 Å². The van der Waals surface area contributed by atoms with Crippen molar-refractivity contribution in [1.82, 2.24) is 15.3 Å². The topological polar surface area (TPSA) is 47.0 Å². The van der Waals surface area contributed by atoms with Gasteiger partial charge in [-0.3, -0.25) is 0 Å². The van der Waals surface area contributed by atoms with Crippen molar-refractivity contribution in [3.63, 3.8) is 0 Å². The van der Waals surface area contributed by atoms with E-state index in [1.54, 1.807) is 12.5 Å². The minimum absolute atomic E-state index is 0.802. The third kappa shape index (κ3) is 6.14. The van der Waals surface area contributed by atoms with Crippen molar-refractivity contribution >= 4 is 0 Å². The number of hydrogen-bond acceptors (Lipinski definition) is 4. The Labute approximate surface area is 91.1 Å². The lowest BCUT2D eigenvalue weighted by molar-refractivity contribution is 0.132. The van der Waals surface area contributed by atoms with Crippen LogP contribution in [0.1, 0.15) is 25.5 Å². The molecule has 0 aromatic carbocycles. The standard InChI is InChI=1S/C11H19N3O/c1-2-7-15-8-3-5-12-9-11-4-6-13-10-14-11/h4,6,10,12H,2-3,5,7-9H2,1H3. The zero-order valence-electron chi connectivity index (χ0n) is 9.28. The summed E-state index contributed by atoms with van der Waals surface area (Å²) in [5, 5.41) is 3.31. The SMILES string of the molecule is CCCOCCCNCc1ccncn1. The van der Waals surface area contributed by atoms with Gasteiger partial charge in [0.05, 0.1) is 5.69 Å². The largest absolute Gasteiger partial charge is 0.381 e. The molecular formula is C11H19N3O. The molecule has 0 unspecified atom stereocenters. The molecule has 1 aromatic heterocycles. The van der Waals surface area contributed by atoms with E-state index >= 15 is 0 Å². The van der Waals surface area contributed by atoms with Gasteiger partial charge in [0, 0.05) is 26.0 Å². The number of hydrogen-bond donors (Lipinski definition) is 1. The fraction of sp³-hybridized carbons (Fsp3) is 0.636. The van der Waals surface area contributed by atoms with Crippen LogP contribution in [-0.4, -0.2) is 29.7 Å². The molecule has 0 spiro atoms. The lowest BCUT2D eigenvalue weighted by Gasteiger charge is -2.04. The fourth-order valence-corrected chi connectivity index (χ4v) is 1.18. The second-order valence-electron chi connectivity index (χ2n) is 3.34. The third-order valence-corrected chi connectivity index (χ3v) is 1.94. The quantitative estimate of drug-likeness (QED) is 0.657. The number of nitrogens with one attached hydrogen (secondary N) is 1. The Morgan fingerprint density at radius 1 is 1.40 bits per heavy atom. The predicted molar refractivity (Wildman–Crippen MR) is 59.5 cm³/mol. The highest BCUT2D eigenvalue weighted by Gasteiger charge is 1.92. The summed E-state index contributed by atoms with van der Waals surface area (Å²) in [5.74, 6) is 0. The Balaban J connectivity index is 1.93. The maximum absolute atomic E-state index is 5.37. The van der Waals surface area contributed by atoms with Gasteiger partial charge in [-0.15, -0.1) is 0 Å². The van der Waals surface area contributed by atoms with Gasteiger partial charge in [0.25, 0.3) is 0 Å². The molecule has 15 heavy (non-hydrogen) atoms. The van der Waals surface area contributed by atoms with E-state index in [-0.39, 0.29) is 0 Å². The van der Waals surface area contributed by atoms with Gasteiger partial charge in [-0.25, -0.2) is 9.97 Å². The maximum Gasteiger partial charge on any atom is 0.115 e. The van der Waals surface area contributed by atoms with Crippen LogP contribution in [0.15, 0.2) is 18.6 Å². The maximum atomic E-state index is 5.37. The summed E-state index contributed by atoms with van der Waals surface area (Å²) in [5.41, 5.74) is 1.03. The first-order valence-electron chi connectivity index (χ1n) is 5.47. The van der Waals surface area contributed by atoms with Gasteiger partial charge < -0.3 is 10.1 Å². The van der Waals surface area contributed by atoms with Crippen LogP contribution in [0.5, 0.6) is 0 Å². The second kappa shape index (κ2) is 8.32. The molecule has 1 rings (SSSR count). The molecule has 0 bridgehead atoms. The van der Waals surface area contributed by atoms with E-state index in [1.165, 1.54) is 0 Å². The van der Waals surface area contributed by atoms with Crippen LogP contribution in [0.2, 0.25) is 0 Å². The van der Waals surface area contributed by atoms with Crippen LogP contribution in [0.3, 0.4) is 0 Å². The first-order valence-corrected chi connectivity index (χ1v) is 5.47. The molecular weight excluding hydrogens is 190 g/mol. The summed E-state index contributed by atoms with van der Waals surface area (Å²) < 4.78 is 5.37. The van der Waals surface area contributed by atoms with E-state index in [0.717, 1.165) is 44.8 Å². The monoisotopic (exact) mass is 209 g/mol. The summed E-state index contributed by atoms with van der Waals surface area (Å²) in [6.45, 7) is 5.59. The lowest BCUT2D eigenvalue weighted by Crippen LogP contribution is -2.17. The van der Waals surface area contributed by atoms with Crippen LogP contribution in [0.4, 0.5) is 0 Å². The van der Waals surface area contributed by atoms with Gasteiger partial charge in [0.2, 0.25) is 0 Å². The molecule has 0 aliphatic carbocycles. The highest BCUT2D eigenvalue weighted by molar-refractivity contribution is 4.96. The number of ether oxygens (including phenoxy) is 1. The minimum atomic E-state index is 0.802. The van der Waals surface area contributed by atoms with Gasteiger partial charge in [-0.1, -0.05) is 6.92 Å². The summed E-state index contributed by atoms with van der Waals surface area (Å²) in [6, 6.07) is 1.92. The summed E-state index contributed by atoms with van der Waals surface area (Å²) in [4.78, 5) is 7.99. The summed E-state index contributed by atoms with van der Waals surface area (Å²) >= 11 is 0. The highest BCUT2D eigenvalue weighted by Crippen LogP contribution is 1.90. The zero-order chi connectivity index (χ0) is 10.8. The van der Waals surface area contributed by atoms with Crippen molar-refractivity contribution in [3.05, 3.63) is 24.3 Å². The van der Waals surface area contributed by atoms with Gasteiger partial charge in [-0.2, -0.15) is 0 Å². The van der Waals surface area contributed by atoms with E-state index in [4.69, 9.17) is 4.74 Å². The molecule has 0 aliphatic rings. The highest BCUT2D eigenvalue weighted by atomic mass is 16.5. The smallest absolute Gasteiger partial charge is 0.115 e. The fourth-order valence-electron chi connectivity index (χ4n) is 1.18. The van der Waals surface area contributed by atoms with Crippen LogP contribution in [0, 0.1) is 0 Å². The molecule has 0 aliphatic heterocycles. The molecule has 0 saturated heterocycles. The first-order chi connectivity index (χ1) is 7.43. The van der Waals surface area contributed by atoms with Gasteiger partial charge in [0.1, 0.15) is 6.33 Å². The molecule has 1 aromatic rings. The normalized spacial score (nSPS) is 10.5. The van der Waals surface area contributed by atoms with Crippen molar-refractivity contribution in [2.45, 2.75) is 26.3 Å². The average Bonchev–Trinajstić information content (AvgIpc) is 2.29. The van der Waals surface area contributed by atoms with E-state index in [1.807, 2.05) is 6.07 Å². The van der Waals surface area contributed by atoms with Crippen molar-refractivity contribution in [3.8, 4) is 0 Å². The van der Waals surface area contributed by atoms with Crippen molar-refractivity contribution in [2.24, 2.45) is 0 Å². The van der Waals surface area contributed by atoms with Crippen LogP contribution >= 0.6 is 0 Å². The lowest BCUT2D eigenvalue weighted by atomic mass is 10.4. The molecule has 0 radical (unpaired) electrons. The molecule has 4 heteroatoms. The molecule has 0 saturated carbocycles. The first kappa shape index (κ1) is 12.1. The molecule has 1 heterocycles. The van der Waals surface area contributed by atoms with Gasteiger partial charge in [0.15, 0.2) is 0 Å².